The third-order valence-electron chi connectivity index (χ3n) is 3.04. The first-order valence-electron chi connectivity index (χ1n) is 6.55. The van der Waals surface area contributed by atoms with E-state index in [1.165, 1.54) is 23.0 Å². The van der Waals surface area contributed by atoms with E-state index in [9.17, 15) is 17.6 Å². The van der Waals surface area contributed by atoms with Gasteiger partial charge in [0.2, 0.25) is 5.95 Å². The molecule has 3 heterocycles. The number of rotatable bonds is 3. The highest BCUT2D eigenvalue weighted by Crippen LogP contribution is 2.31. The molecule has 0 unspecified atom stereocenters. The molecule has 3 rings (SSSR count). The summed E-state index contributed by atoms with van der Waals surface area (Å²) in [6, 6.07) is 2.34. The molecule has 0 spiro atoms. The van der Waals surface area contributed by atoms with Crippen LogP contribution in [0.15, 0.2) is 36.9 Å². The summed E-state index contributed by atoms with van der Waals surface area (Å²) in [6.07, 6.45) is 0.0111. The van der Waals surface area contributed by atoms with Crippen molar-refractivity contribution in [3.8, 4) is 11.4 Å². The zero-order valence-corrected chi connectivity index (χ0v) is 12.6. The molecule has 0 atom stereocenters. The van der Waals surface area contributed by atoms with Gasteiger partial charge < -0.3 is 4.57 Å². The van der Waals surface area contributed by atoms with E-state index >= 15 is 0 Å². The number of imidazole rings is 1. The molecule has 10 heteroatoms. The van der Waals surface area contributed by atoms with Crippen LogP contribution in [0, 0.1) is 5.95 Å². The monoisotopic (exact) mass is 357 g/mol. The third-order valence-corrected chi connectivity index (χ3v) is 3.23. The summed E-state index contributed by atoms with van der Waals surface area (Å²) in [4.78, 5) is 14.9. The summed E-state index contributed by atoms with van der Waals surface area (Å²) in [5, 5.41) is 0.309. The van der Waals surface area contributed by atoms with Crippen LogP contribution in [-0.4, -0.2) is 24.5 Å². The summed E-state index contributed by atoms with van der Waals surface area (Å²) in [5.74, 6) is -0.510. The van der Waals surface area contributed by atoms with Crippen molar-refractivity contribution in [1.82, 2.24) is 24.5 Å². The number of halogens is 5. The molecule has 0 aliphatic carbocycles. The Labute approximate surface area is 138 Å². The second-order valence-corrected chi connectivity index (χ2v) is 5.20. The predicted octanol–water partition coefficient (Wildman–Crippen LogP) is 3.59. The smallest absolute Gasteiger partial charge is 0.323 e. The van der Waals surface area contributed by atoms with Crippen LogP contribution in [-0.2, 0) is 12.7 Å². The van der Waals surface area contributed by atoms with Crippen LogP contribution < -0.4 is 0 Å². The van der Waals surface area contributed by atoms with E-state index in [1.807, 2.05) is 0 Å². The fourth-order valence-corrected chi connectivity index (χ4v) is 2.08. The van der Waals surface area contributed by atoms with Crippen molar-refractivity contribution in [2.45, 2.75) is 12.7 Å². The van der Waals surface area contributed by atoms with Gasteiger partial charge >= 0.3 is 6.18 Å². The van der Waals surface area contributed by atoms with Crippen molar-refractivity contribution in [2.75, 3.05) is 0 Å². The molecule has 0 aliphatic rings. The van der Waals surface area contributed by atoms with Crippen molar-refractivity contribution in [1.29, 1.82) is 0 Å². The first-order valence-corrected chi connectivity index (χ1v) is 6.93. The average molecular weight is 358 g/mol. The van der Waals surface area contributed by atoms with E-state index in [1.54, 1.807) is 0 Å². The van der Waals surface area contributed by atoms with Gasteiger partial charge in [-0.2, -0.15) is 17.6 Å². The van der Waals surface area contributed by atoms with Crippen molar-refractivity contribution >= 4 is 11.6 Å². The van der Waals surface area contributed by atoms with Gasteiger partial charge in [0, 0.05) is 30.4 Å². The Morgan fingerprint density at radius 2 is 1.75 bits per heavy atom. The second-order valence-electron chi connectivity index (χ2n) is 4.76. The van der Waals surface area contributed by atoms with Crippen LogP contribution in [0.4, 0.5) is 17.6 Å². The lowest BCUT2D eigenvalue weighted by molar-refractivity contribution is -0.140. The van der Waals surface area contributed by atoms with Gasteiger partial charge in [-0.15, -0.1) is 0 Å². The fourth-order valence-electron chi connectivity index (χ4n) is 1.98. The quantitative estimate of drug-likeness (QED) is 0.531. The van der Waals surface area contributed by atoms with Crippen molar-refractivity contribution in [3.05, 3.63) is 59.4 Å². The number of hydrogen-bond donors (Lipinski definition) is 0. The number of nitrogens with zero attached hydrogens (tertiary/aromatic N) is 5. The summed E-state index contributed by atoms with van der Waals surface area (Å²) in [7, 11) is 0. The maximum Gasteiger partial charge on any atom is 0.434 e. The van der Waals surface area contributed by atoms with Gasteiger partial charge in [-0.25, -0.2) is 19.9 Å². The highest BCUT2D eigenvalue weighted by Gasteiger charge is 2.35. The van der Waals surface area contributed by atoms with Crippen LogP contribution in [0.2, 0.25) is 5.02 Å². The molecule has 0 amide bonds. The Balaban J connectivity index is 2.04. The molecule has 0 radical (unpaired) electrons. The van der Waals surface area contributed by atoms with E-state index in [0.29, 0.717) is 5.02 Å². The SMILES string of the molecule is Fc1ccc(-c2nc(C(F)(F)F)cn2Cc2ncc(Cl)cn2)cn1. The van der Waals surface area contributed by atoms with Crippen LogP contribution >= 0.6 is 11.6 Å². The van der Waals surface area contributed by atoms with Gasteiger partial charge in [-0.05, 0) is 12.1 Å². The zero-order chi connectivity index (χ0) is 17.3. The van der Waals surface area contributed by atoms with Crippen molar-refractivity contribution < 1.29 is 17.6 Å². The van der Waals surface area contributed by atoms with Gasteiger partial charge in [-0.3, -0.25) is 0 Å². The van der Waals surface area contributed by atoms with E-state index in [2.05, 4.69) is 19.9 Å². The summed E-state index contributed by atoms with van der Waals surface area (Å²) in [6.45, 7) is -0.0625. The molecule has 5 nitrogen and oxygen atoms in total. The number of hydrogen-bond acceptors (Lipinski definition) is 4. The van der Waals surface area contributed by atoms with E-state index in [0.717, 1.165) is 18.5 Å². The van der Waals surface area contributed by atoms with Crippen molar-refractivity contribution in [3.63, 3.8) is 0 Å². The normalized spacial score (nSPS) is 11.7. The van der Waals surface area contributed by atoms with Crippen LogP contribution in [0.25, 0.3) is 11.4 Å². The minimum absolute atomic E-state index is 0.0200. The van der Waals surface area contributed by atoms with E-state index in [-0.39, 0.29) is 23.8 Å². The van der Waals surface area contributed by atoms with Gasteiger partial charge in [-0.1, -0.05) is 11.6 Å². The molecule has 3 aromatic heterocycles. The highest BCUT2D eigenvalue weighted by atomic mass is 35.5. The number of alkyl halides is 3. The molecule has 0 aliphatic heterocycles. The lowest BCUT2D eigenvalue weighted by atomic mass is 10.2. The van der Waals surface area contributed by atoms with Gasteiger partial charge in [0.1, 0.15) is 11.6 Å². The molecule has 0 N–H and O–H groups in total. The molecule has 0 fully saturated rings. The molecule has 0 aromatic carbocycles. The lowest BCUT2D eigenvalue weighted by Crippen LogP contribution is -2.06. The Bertz CT molecular complexity index is 843. The van der Waals surface area contributed by atoms with Gasteiger partial charge in [0.05, 0.1) is 11.6 Å². The summed E-state index contributed by atoms with van der Waals surface area (Å²) in [5.41, 5.74) is -0.836. The number of pyridine rings is 1. The maximum atomic E-state index is 13.0. The Kier molecular flexibility index (Phi) is 4.18. The summed E-state index contributed by atoms with van der Waals surface area (Å²) >= 11 is 5.68. The minimum atomic E-state index is -4.62. The molecule has 24 heavy (non-hydrogen) atoms. The third kappa shape index (κ3) is 3.51. The van der Waals surface area contributed by atoms with Crippen LogP contribution in [0.1, 0.15) is 11.5 Å². The molecule has 124 valence electrons. The zero-order valence-electron chi connectivity index (χ0n) is 11.8. The average Bonchev–Trinajstić information content (AvgIpc) is 2.94. The first kappa shape index (κ1) is 16.3. The largest absolute Gasteiger partial charge is 0.434 e. The standard InChI is InChI=1S/C14H8ClF4N5/c15-9-4-21-12(22-5-9)7-24-6-10(14(17,18)19)23-13(24)8-1-2-11(16)20-3-8/h1-6H,7H2. The molecule has 3 aromatic rings. The fraction of sp³-hybridized carbons (Fsp3) is 0.143. The van der Waals surface area contributed by atoms with Gasteiger partial charge in [0.25, 0.3) is 0 Å². The topological polar surface area (TPSA) is 56.5 Å². The Morgan fingerprint density at radius 3 is 2.33 bits per heavy atom. The first-order chi connectivity index (χ1) is 11.3. The maximum absolute atomic E-state index is 13.0. The van der Waals surface area contributed by atoms with Crippen molar-refractivity contribution in [2.24, 2.45) is 0 Å². The molecule has 0 saturated carbocycles. The van der Waals surface area contributed by atoms with Crippen LogP contribution in [0.3, 0.4) is 0 Å². The van der Waals surface area contributed by atoms with E-state index < -0.39 is 17.8 Å². The lowest BCUT2D eigenvalue weighted by Gasteiger charge is -2.06. The van der Waals surface area contributed by atoms with Gasteiger partial charge in [0.15, 0.2) is 5.69 Å². The Hall–Kier alpha value is -2.55. The van der Waals surface area contributed by atoms with E-state index in [4.69, 9.17) is 11.6 Å². The molecule has 0 saturated heterocycles. The predicted molar refractivity (Wildman–Crippen MR) is 76.6 cm³/mol. The Morgan fingerprint density at radius 1 is 1.04 bits per heavy atom. The second kappa shape index (κ2) is 6.16. The molecule has 0 bridgehead atoms. The highest BCUT2D eigenvalue weighted by molar-refractivity contribution is 6.30. The summed E-state index contributed by atoms with van der Waals surface area (Å²) < 4.78 is 53.0. The van der Waals surface area contributed by atoms with Crippen LogP contribution in [0.5, 0.6) is 0 Å². The molecular weight excluding hydrogens is 350 g/mol. The number of aromatic nitrogens is 5. The minimum Gasteiger partial charge on any atom is -0.323 e. The molecular formula is C14H8ClF4N5.